The van der Waals surface area contributed by atoms with E-state index in [4.69, 9.17) is 4.74 Å². The molecule has 2 aromatic rings. The molecule has 0 aliphatic carbocycles. The maximum absolute atomic E-state index is 12.2. The van der Waals surface area contributed by atoms with Crippen LogP contribution in [0.3, 0.4) is 0 Å². The fraction of sp³-hybridized carbons (Fsp3) is 0.250. The quantitative estimate of drug-likeness (QED) is 0.434. The number of non-ortho nitro benzene ring substituents is 1. The van der Waals surface area contributed by atoms with Crippen LogP contribution in [0.25, 0.3) is 0 Å². The van der Waals surface area contributed by atoms with Crippen molar-refractivity contribution < 1.29 is 24.0 Å². The van der Waals surface area contributed by atoms with Crippen molar-refractivity contribution in [3.8, 4) is 0 Å². The van der Waals surface area contributed by atoms with Gasteiger partial charge in [0, 0.05) is 24.9 Å². The van der Waals surface area contributed by atoms with Gasteiger partial charge in [-0.05, 0) is 43.2 Å². The highest BCUT2D eigenvalue weighted by molar-refractivity contribution is 5.96. The van der Waals surface area contributed by atoms with E-state index in [0.717, 1.165) is 16.0 Å². The first-order valence-electron chi connectivity index (χ1n) is 8.70. The molecule has 0 saturated carbocycles. The average Bonchev–Trinajstić information content (AvgIpc) is 2.68. The number of ether oxygens (including phenoxy) is 1. The number of nitrogens with one attached hydrogen (secondary N) is 1. The van der Waals surface area contributed by atoms with E-state index in [0.29, 0.717) is 5.69 Å². The summed E-state index contributed by atoms with van der Waals surface area (Å²) in [7, 11) is 1.42. The predicted octanol–water partition coefficient (Wildman–Crippen LogP) is 2.47. The van der Waals surface area contributed by atoms with Crippen molar-refractivity contribution in [2.75, 3.05) is 25.5 Å². The number of anilines is 1. The number of carbonyl (C=O) groups excluding carboxylic acids is 3. The van der Waals surface area contributed by atoms with E-state index < -0.39 is 23.4 Å². The molecule has 0 saturated heterocycles. The van der Waals surface area contributed by atoms with Crippen molar-refractivity contribution in [3.05, 3.63) is 69.3 Å². The van der Waals surface area contributed by atoms with Crippen LogP contribution in [0.4, 0.5) is 11.4 Å². The number of hydrogen-bond acceptors (Lipinski definition) is 6. The second kappa shape index (κ2) is 9.45. The normalized spacial score (nSPS) is 10.2. The van der Waals surface area contributed by atoms with Gasteiger partial charge in [-0.2, -0.15) is 0 Å². The number of nitro groups is 1. The third-order valence-electron chi connectivity index (χ3n) is 4.11. The molecular formula is C20H21N3O6. The van der Waals surface area contributed by atoms with Crippen LogP contribution in [0.1, 0.15) is 21.5 Å². The van der Waals surface area contributed by atoms with Gasteiger partial charge in [-0.15, -0.1) is 0 Å². The molecule has 0 aliphatic heterocycles. The molecule has 0 radical (unpaired) electrons. The summed E-state index contributed by atoms with van der Waals surface area (Å²) in [6.07, 6.45) is 0. The minimum atomic E-state index is -0.790. The van der Waals surface area contributed by atoms with Crippen molar-refractivity contribution in [2.24, 2.45) is 0 Å². The van der Waals surface area contributed by atoms with Gasteiger partial charge in [0.25, 0.3) is 11.6 Å². The van der Waals surface area contributed by atoms with E-state index in [2.05, 4.69) is 5.32 Å². The Hall–Kier alpha value is -3.75. The summed E-state index contributed by atoms with van der Waals surface area (Å²) < 4.78 is 4.91. The van der Waals surface area contributed by atoms with Crippen LogP contribution >= 0.6 is 0 Å². The molecule has 0 atom stereocenters. The molecule has 0 fully saturated rings. The van der Waals surface area contributed by atoms with E-state index in [1.165, 1.54) is 31.3 Å². The Balaban J connectivity index is 1.85. The first-order valence-corrected chi connectivity index (χ1v) is 8.70. The highest BCUT2D eigenvalue weighted by Crippen LogP contribution is 2.16. The van der Waals surface area contributed by atoms with E-state index >= 15 is 0 Å². The summed E-state index contributed by atoms with van der Waals surface area (Å²) in [6, 6.07) is 10.5. The second-order valence-corrected chi connectivity index (χ2v) is 6.50. The number of likely N-dealkylation sites (N-methyl/N-ethyl adjacent to an activating group) is 1. The number of hydrogen-bond donors (Lipinski definition) is 1. The topological polar surface area (TPSA) is 119 Å². The van der Waals surface area contributed by atoms with Crippen molar-refractivity contribution in [3.63, 3.8) is 0 Å². The van der Waals surface area contributed by atoms with Gasteiger partial charge < -0.3 is 15.0 Å². The number of rotatable bonds is 7. The third-order valence-corrected chi connectivity index (χ3v) is 4.11. The molecule has 1 N–H and O–H groups in total. The molecule has 152 valence electrons. The molecule has 2 rings (SSSR count). The highest BCUT2D eigenvalue weighted by Gasteiger charge is 2.17. The Labute approximate surface area is 167 Å². The fourth-order valence-electron chi connectivity index (χ4n) is 2.40. The average molecular weight is 399 g/mol. The lowest BCUT2D eigenvalue weighted by Gasteiger charge is -2.17. The van der Waals surface area contributed by atoms with Gasteiger partial charge in [-0.25, -0.2) is 4.79 Å². The summed E-state index contributed by atoms with van der Waals surface area (Å²) in [6.45, 7) is 3.01. The highest BCUT2D eigenvalue weighted by atomic mass is 16.6. The van der Waals surface area contributed by atoms with E-state index in [1.54, 1.807) is 0 Å². The smallest absolute Gasteiger partial charge is 0.338 e. The lowest BCUT2D eigenvalue weighted by atomic mass is 10.1. The summed E-state index contributed by atoms with van der Waals surface area (Å²) in [5.41, 5.74) is 2.48. The first-order chi connectivity index (χ1) is 13.7. The Morgan fingerprint density at radius 2 is 1.76 bits per heavy atom. The third kappa shape index (κ3) is 6.13. The molecule has 29 heavy (non-hydrogen) atoms. The monoisotopic (exact) mass is 399 g/mol. The van der Waals surface area contributed by atoms with Gasteiger partial charge in [-0.3, -0.25) is 19.7 Å². The Bertz CT molecular complexity index is 940. The number of amides is 2. The SMILES string of the molecule is Cc1ccc(C)c(NC(=O)CN(C)C(=O)COC(=O)c2ccc([N+](=O)[O-])cc2)c1. The summed E-state index contributed by atoms with van der Waals surface area (Å²) >= 11 is 0. The van der Waals surface area contributed by atoms with Crippen molar-refractivity contribution in [1.82, 2.24) is 4.90 Å². The number of esters is 1. The molecular weight excluding hydrogens is 378 g/mol. The maximum atomic E-state index is 12.2. The molecule has 0 heterocycles. The minimum Gasteiger partial charge on any atom is -0.452 e. The Morgan fingerprint density at radius 3 is 2.38 bits per heavy atom. The van der Waals surface area contributed by atoms with E-state index in [9.17, 15) is 24.5 Å². The Morgan fingerprint density at radius 1 is 1.10 bits per heavy atom. The molecule has 0 aromatic heterocycles. The number of nitro benzene ring substituents is 1. The van der Waals surface area contributed by atoms with Crippen LogP contribution < -0.4 is 5.32 Å². The van der Waals surface area contributed by atoms with E-state index in [-0.39, 0.29) is 23.7 Å². The lowest BCUT2D eigenvalue weighted by molar-refractivity contribution is -0.384. The van der Waals surface area contributed by atoms with Gasteiger partial charge in [0.1, 0.15) is 0 Å². The number of nitrogens with zero attached hydrogens (tertiary/aromatic N) is 2. The lowest BCUT2D eigenvalue weighted by Crippen LogP contribution is -2.37. The van der Waals surface area contributed by atoms with Crippen LogP contribution in [-0.2, 0) is 14.3 Å². The largest absolute Gasteiger partial charge is 0.452 e. The second-order valence-electron chi connectivity index (χ2n) is 6.50. The predicted molar refractivity (Wildman–Crippen MR) is 106 cm³/mol. The van der Waals surface area contributed by atoms with Crippen LogP contribution in [-0.4, -0.2) is 47.8 Å². The first kappa shape index (κ1) is 21.5. The molecule has 9 heteroatoms. The number of benzene rings is 2. The van der Waals surface area contributed by atoms with Gasteiger partial charge in [0.15, 0.2) is 6.61 Å². The van der Waals surface area contributed by atoms with Gasteiger partial charge in [0.2, 0.25) is 5.91 Å². The molecule has 0 unspecified atom stereocenters. The zero-order valence-corrected chi connectivity index (χ0v) is 16.3. The maximum Gasteiger partial charge on any atom is 0.338 e. The van der Waals surface area contributed by atoms with Gasteiger partial charge in [0.05, 0.1) is 17.0 Å². The van der Waals surface area contributed by atoms with Gasteiger partial charge in [-0.1, -0.05) is 12.1 Å². The van der Waals surface area contributed by atoms with Crippen LogP contribution in [0.5, 0.6) is 0 Å². The van der Waals surface area contributed by atoms with Crippen molar-refractivity contribution in [2.45, 2.75) is 13.8 Å². The van der Waals surface area contributed by atoms with Crippen molar-refractivity contribution in [1.29, 1.82) is 0 Å². The molecule has 0 spiro atoms. The van der Waals surface area contributed by atoms with Crippen LogP contribution in [0, 0.1) is 24.0 Å². The molecule has 0 aliphatic rings. The van der Waals surface area contributed by atoms with E-state index in [1.807, 2.05) is 32.0 Å². The van der Waals surface area contributed by atoms with Crippen LogP contribution in [0.15, 0.2) is 42.5 Å². The fourth-order valence-corrected chi connectivity index (χ4v) is 2.40. The summed E-state index contributed by atoms with van der Waals surface area (Å²) in [5, 5.41) is 13.4. The van der Waals surface area contributed by atoms with Gasteiger partial charge >= 0.3 is 5.97 Å². The van der Waals surface area contributed by atoms with Crippen molar-refractivity contribution >= 4 is 29.2 Å². The molecule has 2 aromatic carbocycles. The number of aryl methyl sites for hydroxylation is 2. The Kier molecular flexibility index (Phi) is 7.02. The summed E-state index contributed by atoms with van der Waals surface area (Å²) in [5.74, 6) is -1.73. The zero-order chi connectivity index (χ0) is 21.6. The standard InChI is InChI=1S/C20H21N3O6/c1-13-4-5-14(2)17(10-13)21-18(24)11-22(3)19(25)12-29-20(26)15-6-8-16(9-7-15)23(27)28/h4-10H,11-12H2,1-3H3,(H,21,24). The minimum absolute atomic E-state index is 0.0821. The molecule has 9 nitrogen and oxygen atoms in total. The summed E-state index contributed by atoms with van der Waals surface area (Å²) in [4.78, 5) is 47.4. The zero-order valence-electron chi connectivity index (χ0n) is 16.3. The number of carbonyl (C=O) groups is 3. The van der Waals surface area contributed by atoms with Crippen LogP contribution in [0.2, 0.25) is 0 Å². The molecule has 0 bridgehead atoms. The molecule has 2 amide bonds.